The Hall–Kier alpha value is -1.55. The van der Waals surface area contributed by atoms with Gasteiger partial charge in [-0.1, -0.05) is 17.3 Å². The zero-order valence-electron chi connectivity index (χ0n) is 7.18. The predicted molar refractivity (Wildman–Crippen MR) is 48.0 cm³/mol. The van der Waals surface area contributed by atoms with Crippen LogP contribution in [0.1, 0.15) is 18.6 Å². The second-order valence-corrected chi connectivity index (χ2v) is 2.74. The first-order valence-corrected chi connectivity index (χ1v) is 3.80. The summed E-state index contributed by atoms with van der Waals surface area (Å²) in [6, 6.07) is 6.17. The van der Waals surface area contributed by atoms with Crippen molar-refractivity contribution in [3.8, 4) is 5.75 Å². The highest BCUT2D eigenvalue weighted by Crippen LogP contribution is 2.18. The molecular weight excluding hydrogens is 170 g/mol. The topological polar surface area (TPSA) is 73.1 Å². The molecule has 0 saturated carbocycles. The van der Waals surface area contributed by atoms with Gasteiger partial charge in [-0.2, -0.15) is 0 Å². The van der Waals surface area contributed by atoms with Crippen molar-refractivity contribution in [2.75, 3.05) is 0 Å². The van der Waals surface area contributed by atoms with Crippen molar-refractivity contribution in [2.24, 2.45) is 5.16 Å². The van der Waals surface area contributed by atoms with Crippen LogP contribution in [-0.4, -0.2) is 21.1 Å². The molecule has 0 heterocycles. The lowest BCUT2D eigenvalue weighted by Gasteiger charge is -2.08. The summed E-state index contributed by atoms with van der Waals surface area (Å²) in [5.41, 5.74) is 0.681. The monoisotopic (exact) mass is 181 g/mol. The Morgan fingerprint density at radius 1 is 1.46 bits per heavy atom. The minimum atomic E-state index is -0.975. The summed E-state index contributed by atoms with van der Waals surface area (Å²) in [6.07, 6.45) is -0.975. The molecule has 0 fully saturated rings. The van der Waals surface area contributed by atoms with E-state index in [-0.39, 0.29) is 11.5 Å². The second kappa shape index (κ2) is 3.91. The van der Waals surface area contributed by atoms with Gasteiger partial charge in [0.2, 0.25) is 0 Å². The molecule has 0 aromatic heterocycles. The highest BCUT2D eigenvalue weighted by Gasteiger charge is 2.11. The third-order valence-electron chi connectivity index (χ3n) is 1.74. The van der Waals surface area contributed by atoms with Gasteiger partial charge in [0.05, 0.1) is 5.71 Å². The van der Waals surface area contributed by atoms with Gasteiger partial charge in [0.1, 0.15) is 11.9 Å². The van der Waals surface area contributed by atoms with E-state index in [4.69, 9.17) is 10.3 Å². The zero-order valence-corrected chi connectivity index (χ0v) is 7.18. The molecule has 0 aliphatic carbocycles. The molecule has 3 N–H and O–H groups in total. The van der Waals surface area contributed by atoms with E-state index < -0.39 is 6.10 Å². The van der Waals surface area contributed by atoms with Gasteiger partial charge < -0.3 is 15.4 Å². The minimum Gasteiger partial charge on any atom is -0.508 e. The molecule has 0 amide bonds. The molecule has 0 bridgehead atoms. The van der Waals surface area contributed by atoms with Gasteiger partial charge in [0.25, 0.3) is 0 Å². The molecule has 1 unspecified atom stereocenters. The Bertz CT molecular complexity index is 322. The van der Waals surface area contributed by atoms with E-state index in [9.17, 15) is 5.11 Å². The second-order valence-electron chi connectivity index (χ2n) is 2.74. The summed E-state index contributed by atoms with van der Waals surface area (Å²) < 4.78 is 0. The molecule has 13 heavy (non-hydrogen) atoms. The molecule has 1 rings (SSSR count). The van der Waals surface area contributed by atoms with Crippen molar-refractivity contribution in [1.29, 1.82) is 0 Å². The minimum absolute atomic E-state index is 0.0716. The number of rotatable bonds is 2. The van der Waals surface area contributed by atoms with Crippen LogP contribution in [0.5, 0.6) is 5.75 Å². The van der Waals surface area contributed by atoms with Crippen LogP contribution in [0.15, 0.2) is 29.4 Å². The first-order valence-electron chi connectivity index (χ1n) is 3.80. The SMILES string of the molecule is C/C(=N\O)C(O)c1cccc(O)c1. The van der Waals surface area contributed by atoms with E-state index in [1.807, 2.05) is 0 Å². The van der Waals surface area contributed by atoms with E-state index >= 15 is 0 Å². The van der Waals surface area contributed by atoms with E-state index in [1.54, 1.807) is 12.1 Å². The third-order valence-corrected chi connectivity index (χ3v) is 1.74. The van der Waals surface area contributed by atoms with Crippen LogP contribution < -0.4 is 0 Å². The number of phenolic OH excluding ortho intramolecular Hbond substituents is 1. The Balaban J connectivity index is 2.95. The highest BCUT2D eigenvalue weighted by molar-refractivity contribution is 5.86. The molecule has 0 saturated heterocycles. The van der Waals surface area contributed by atoms with Crippen LogP contribution in [0.25, 0.3) is 0 Å². The maximum absolute atomic E-state index is 9.51. The highest BCUT2D eigenvalue weighted by atomic mass is 16.4. The Morgan fingerprint density at radius 2 is 2.15 bits per heavy atom. The van der Waals surface area contributed by atoms with Crippen molar-refractivity contribution >= 4 is 5.71 Å². The summed E-state index contributed by atoms with van der Waals surface area (Å²) in [5, 5.41) is 29.9. The van der Waals surface area contributed by atoms with Crippen molar-refractivity contribution in [1.82, 2.24) is 0 Å². The van der Waals surface area contributed by atoms with Gasteiger partial charge in [-0.25, -0.2) is 0 Å². The summed E-state index contributed by atoms with van der Waals surface area (Å²) in [4.78, 5) is 0. The van der Waals surface area contributed by atoms with Gasteiger partial charge in [-0.15, -0.1) is 0 Å². The Kier molecular flexibility index (Phi) is 2.87. The van der Waals surface area contributed by atoms with Crippen molar-refractivity contribution in [2.45, 2.75) is 13.0 Å². The Labute approximate surface area is 75.8 Å². The maximum Gasteiger partial charge on any atom is 0.120 e. The van der Waals surface area contributed by atoms with Crippen molar-refractivity contribution in [3.63, 3.8) is 0 Å². The number of oxime groups is 1. The first kappa shape index (κ1) is 9.54. The fourth-order valence-electron chi connectivity index (χ4n) is 0.991. The van der Waals surface area contributed by atoms with E-state index in [1.165, 1.54) is 19.1 Å². The van der Waals surface area contributed by atoms with Crippen molar-refractivity contribution < 1.29 is 15.4 Å². The molecule has 4 nitrogen and oxygen atoms in total. The molecule has 0 spiro atoms. The average Bonchev–Trinajstić information content (AvgIpc) is 2.15. The predicted octanol–water partition coefficient (Wildman–Crippen LogP) is 1.28. The summed E-state index contributed by atoms with van der Waals surface area (Å²) in [7, 11) is 0. The van der Waals surface area contributed by atoms with Crippen LogP contribution in [0.3, 0.4) is 0 Å². The standard InChI is InChI=1S/C9H11NO3/c1-6(10-13)9(12)7-3-2-4-8(11)5-7/h2-5,9,11-13H,1H3/b10-6+. The van der Waals surface area contributed by atoms with Gasteiger partial charge in [-0.05, 0) is 24.6 Å². The normalized spacial score (nSPS) is 14.2. The van der Waals surface area contributed by atoms with Gasteiger partial charge in [0.15, 0.2) is 0 Å². The van der Waals surface area contributed by atoms with E-state index in [0.717, 1.165) is 0 Å². The number of aliphatic hydroxyl groups is 1. The maximum atomic E-state index is 9.51. The van der Waals surface area contributed by atoms with Gasteiger partial charge in [0, 0.05) is 0 Å². The molecule has 4 heteroatoms. The summed E-state index contributed by atoms with van der Waals surface area (Å²) in [5.74, 6) is 0.0716. The largest absolute Gasteiger partial charge is 0.508 e. The number of hydrogen-bond donors (Lipinski definition) is 3. The van der Waals surface area contributed by atoms with E-state index in [2.05, 4.69) is 5.16 Å². The number of aliphatic hydroxyl groups excluding tert-OH is 1. The number of aromatic hydroxyl groups is 1. The molecule has 0 radical (unpaired) electrons. The number of phenols is 1. The van der Waals surface area contributed by atoms with Crippen LogP contribution in [0.4, 0.5) is 0 Å². The molecule has 70 valence electrons. The lowest BCUT2D eigenvalue weighted by Crippen LogP contribution is -2.07. The Morgan fingerprint density at radius 3 is 2.69 bits per heavy atom. The van der Waals surface area contributed by atoms with Crippen LogP contribution in [0, 0.1) is 0 Å². The molecule has 0 aliphatic rings. The fourth-order valence-corrected chi connectivity index (χ4v) is 0.991. The molecular formula is C9H11NO3. The number of benzene rings is 1. The van der Waals surface area contributed by atoms with Gasteiger partial charge >= 0.3 is 0 Å². The van der Waals surface area contributed by atoms with Crippen molar-refractivity contribution in [3.05, 3.63) is 29.8 Å². The van der Waals surface area contributed by atoms with Gasteiger partial charge in [-0.3, -0.25) is 0 Å². The summed E-state index contributed by atoms with van der Waals surface area (Å²) in [6.45, 7) is 1.49. The quantitative estimate of drug-likeness (QED) is 0.365. The average molecular weight is 181 g/mol. The number of hydrogen-bond acceptors (Lipinski definition) is 4. The van der Waals surface area contributed by atoms with E-state index in [0.29, 0.717) is 5.56 Å². The molecule has 0 aliphatic heterocycles. The third kappa shape index (κ3) is 2.19. The summed E-state index contributed by atoms with van der Waals surface area (Å²) >= 11 is 0. The van der Waals surface area contributed by atoms with Crippen LogP contribution >= 0.6 is 0 Å². The van der Waals surface area contributed by atoms with Crippen LogP contribution in [0.2, 0.25) is 0 Å². The fraction of sp³-hybridized carbons (Fsp3) is 0.222. The molecule has 1 atom stereocenters. The molecule has 1 aromatic rings. The zero-order chi connectivity index (χ0) is 9.84. The number of nitrogens with zero attached hydrogens (tertiary/aromatic N) is 1. The lowest BCUT2D eigenvalue weighted by atomic mass is 10.1. The first-order chi connectivity index (χ1) is 6.15. The smallest absolute Gasteiger partial charge is 0.120 e. The lowest BCUT2D eigenvalue weighted by molar-refractivity contribution is 0.233. The molecule has 1 aromatic carbocycles. The van der Waals surface area contributed by atoms with Crippen LogP contribution in [-0.2, 0) is 0 Å².